The molecule has 2 saturated carbocycles. The van der Waals surface area contributed by atoms with E-state index in [0.29, 0.717) is 16.7 Å². The van der Waals surface area contributed by atoms with Gasteiger partial charge in [0.2, 0.25) is 0 Å². The van der Waals surface area contributed by atoms with Gasteiger partial charge in [0.25, 0.3) is 0 Å². The van der Waals surface area contributed by atoms with Crippen LogP contribution in [0.3, 0.4) is 0 Å². The molecule has 0 heterocycles. The molecule has 0 saturated heterocycles. The summed E-state index contributed by atoms with van der Waals surface area (Å²) in [6.45, 7) is 16.2. The molecule has 4 aliphatic rings. The Morgan fingerprint density at radius 3 is 2.57 bits per heavy atom. The van der Waals surface area contributed by atoms with Gasteiger partial charge in [-0.2, -0.15) is 0 Å². The van der Waals surface area contributed by atoms with E-state index in [1.54, 1.807) is 0 Å². The first-order valence-corrected chi connectivity index (χ1v) is 14.8. The monoisotopic (exact) mass is 484 g/mol. The highest BCUT2D eigenvalue weighted by Gasteiger charge is 2.56. The zero-order valence-corrected chi connectivity index (χ0v) is 23.8. The average molecular weight is 485 g/mol. The minimum atomic E-state index is -0.465. The summed E-state index contributed by atoms with van der Waals surface area (Å²) in [6, 6.07) is 0. The lowest BCUT2D eigenvalue weighted by molar-refractivity contribution is -0.0377. The Bertz CT molecular complexity index is 836. The van der Waals surface area contributed by atoms with Gasteiger partial charge >= 0.3 is 6.16 Å². The number of fused-ring (bicyclic) bond motifs is 4. The topological polar surface area (TPSA) is 35.5 Å². The Morgan fingerprint density at radius 1 is 1.09 bits per heavy atom. The van der Waals surface area contributed by atoms with Crippen LogP contribution in [0, 0.1) is 34.5 Å². The predicted molar refractivity (Wildman–Crippen MR) is 144 cm³/mol. The lowest BCUT2D eigenvalue weighted by atomic mass is 9.50. The van der Waals surface area contributed by atoms with Crippen LogP contribution in [0.5, 0.6) is 0 Å². The molecule has 3 heteroatoms. The van der Waals surface area contributed by atoms with Crippen molar-refractivity contribution in [2.24, 2.45) is 34.5 Å². The summed E-state index contributed by atoms with van der Waals surface area (Å²) in [5.74, 6) is 3.14. The molecule has 35 heavy (non-hydrogen) atoms. The third-order valence-electron chi connectivity index (χ3n) is 11.0. The Hall–Kier alpha value is -1.25. The highest BCUT2D eigenvalue weighted by Crippen LogP contribution is 2.66. The molecule has 0 radical (unpaired) electrons. The molecule has 0 aliphatic heterocycles. The largest absolute Gasteiger partial charge is 0.508 e. The summed E-state index contributed by atoms with van der Waals surface area (Å²) >= 11 is 0. The van der Waals surface area contributed by atoms with Crippen molar-refractivity contribution < 1.29 is 14.3 Å². The molecule has 0 N–H and O–H groups in total. The molecule has 4 rings (SSSR count). The van der Waals surface area contributed by atoms with Gasteiger partial charge in [-0.15, -0.1) is 0 Å². The molecule has 0 spiro atoms. The van der Waals surface area contributed by atoms with E-state index in [4.69, 9.17) is 9.47 Å². The Balaban J connectivity index is 1.44. The number of hydrogen-bond donors (Lipinski definition) is 0. The highest BCUT2D eigenvalue weighted by atomic mass is 16.7. The summed E-state index contributed by atoms with van der Waals surface area (Å²) < 4.78 is 11.2. The fourth-order valence-electron chi connectivity index (χ4n) is 8.75. The summed E-state index contributed by atoms with van der Waals surface area (Å²) in [4.78, 5) is 12.2. The van der Waals surface area contributed by atoms with Crippen molar-refractivity contribution in [1.82, 2.24) is 0 Å². The molecule has 0 aromatic heterocycles. The van der Waals surface area contributed by atoms with Crippen molar-refractivity contribution in [3.63, 3.8) is 0 Å². The zero-order valence-electron chi connectivity index (χ0n) is 23.8. The van der Waals surface area contributed by atoms with Crippen molar-refractivity contribution in [2.75, 3.05) is 0 Å². The van der Waals surface area contributed by atoms with Crippen LogP contribution < -0.4 is 0 Å². The lowest BCUT2D eigenvalue weighted by Crippen LogP contribution is -2.46. The van der Waals surface area contributed by atoms with Crippen molar-refractivity contribution in [1.29, 1.82) is 0 Å². The van der Waals surface area contributed by atoms with Crippen molar-refractivity contribution in [2.45, 2.75) is 138 Å². The van der Waals surface area contributed by atoms with E-state index in [0.717, 1.165) is 43.4 Å². The van der Waals surface area contributed by atoms with E-state index < -0.39 is 6.16 Å². The minimum Gasteiger partial charge on any atom is -0.431 e. The fraction of sp³-hybridized carbons (Fsp3) is 0.844. The Labute approximate surface area is 215 Å². The molecular weight excluding hydrogens is 432 g/mol. The van der Waals surface area contributed by atoms with Gasteiger partial charge < -0.3 is 9.47 Å². The maximum absolute atomic E-state index is 12.2. The normalized spacial score (nSPS) is 38.0. The molecule has 0 aromatic rings. The van der Waals surface area contributed by atoms with Gasteiger partial charge in [0, 0.05) is 0 Å². The van der Waals surface area contributed by atoms with Crippen LogP contribution in [0.1, 0.15) is 126 Å². The molecule has 4 aliphatic carbocycles. The van der Waals surface area contributed by atoms with Crippen LogP contribution in [-0.2, 0) is 9.47 Å². The minimum absolute atomic E-state index is 0.0261. The van der Waals surface area contributed by atoms with Crippen LogP contribution in [0.25, 0.3) is 0 Å². The number of carbonyl (C=O) groups is 1. The second-order valence-electron chi connectivity index (χ2n) is 13.3. The van der Waals surface area contributed by atoms with Crippen LogP contribution in [-0.4, -0.2) is 18.4 Å². The van der Waals surface area contributed by atoms with Crippen LogP contribution in [0.4, 0.5) is 4.79 Å². The summed E-state index contributed by atoms with van der Waals surface area (Å²) in [5, 5.41) is 0. The number of allylic oxidation sites excluding steroid dienone is 4. The second-order valence-corrected chi connectivity index (χ2v) is 13.3. The maximum atomic E-state index is 12.2. The van der Waals surface area contributed by atoms with Gasteiger partial charge in [0.1, 0.15) is 12.2 Å². The average Bonchev–Trinajstić information content (AvgIpc) is 3.16. The zero-order chi connectivity index (χ0) is 25.4. The standard InChI is InChI=1S/C32H52O3/c1-8-23(5)34-30(33)35-25-16-18-31(6)24(20-25)12-13-26-28-15-14-27(22(4)11-9-10-21(2)3)32(28,7)19-17-29(26)31/h10,22-25,27-28H,8-9,11-20H2,1-7H3. The van der Waals surface area contributed by atoms with E-state index in [1.807, 2.05) is 25.0 Å². The maximum Gasteiger partial charge on any atom is 0.508 e. The number of rotatable bonds is 7. The van der Waals surface area contributed by atoms with E-state index >= 15 is 0 Å². The van der Waals surface area contributed by atoms with Crippen molar-refractivity contribution in [3.8, 4) is 0 Å². The van der Waals surface area contributed by atoms with Gasteiger partial charge in [0.15, 0.2) is 0 Å². The lowest BCUT2D eigenvalue weighted by Gasteiger charge is -2.55. The number of ether oxygens (including phenoxy) is 2. The number of carbonyl (C=O) groups excluding carboxylic acids is 1. The summed E-state index contributed by atoms with van der Waals surface area (Å²) in [7, 11) is 0. The van der Waals surface area contributed by atoms with E-state index in [-0.39, 0.29) is 12.2 Å². The first kappa shape index (κ1) is 26.8. The summed E-state index contributed by atoms with van der Waals surface area (Å²) in [5.41, 5.74) is 5.95. The SMILES string of the molecule is CCC(C)OC(=O)OC1CCC2(C)C3=C(CCC2C1)C1CCC(C(C)CCC=C(C)C)C1(C)CC3. The third-order valence-corrected chi connectivity index (χ3v) is 11.0. The first-order chi connectivity index (χ1) is 16.6. The van der Waals surface area contributed by atoms with Gasteiger partial charge in [0.05, 0.1) is 0 Å². The molecule has 0 amide bonds. The molecule has 3 nitrogen and oxygen atoms in total. The highest BCUT2D eigenvalue weighted by molar-refractivity contribution is 5.60. The molecule has 8 unspecified atom stereocenters. The fourth-order valence-corrected chi connectivity index (χ4v) is 8.75. The molecular formula is C32H52O3. The molecule has 8 atom stereocenters. The van der Waals surface area contributed by atoms with E-state index in [2.05, 4.69) is 40.7 Å². The smallest absolute Gasteiger partial charge is 0.431 e. The van der Waals surface area contributed by atoms with Crippen molar-refractivity contribution >= 4 is 6.16 Å². The van der Waals surface area contributed by atoms with Gasteiger partial charge in [-0.25, -0.2) is 4.79 Å². The second kappa shape index (κ2) is 10.6. The van der Waals surface area contributed by atoms with Crippen molar-refractivity contribution in [3.05, 3.63) is 22.8 Å². The summed E-state index contributed by atoms with van der Waals surface area (Å²) in [6.07, 6.45) is 16.5. The van der Waals surface area contributed by atoms with Gasteiger partial charge in [-0.3, -0.25) is 0 Å². The number of hydrogen-bond acceptors (Lipinski definition) is 3. The van der Waals surface area contributed by atoms with E-state index in [1.165, 1.54) is 56.9 Å². The van der Waals surface area contributed by atoms with Gasteiger partial charge in [-0.05, 0) is 132 Å². The quantitative estimate of drug-likeness (QED) is 0.267. The molecule has 0 bridgehead atoms. The van der Waals surface area contributed by atoms with Gasteiger partial charge in [-0.1, -0.05) is 50.5 Å². The molecule has 0 aromatic carbocycles. The van der Waals surface area contributed by atoms with Crippen LogP contribution >= 0.6 is 0 Å². The predicted octanol–water partition coefficient (Wildman–Crippen LogP) is 9.41. The Morgan fingerprint density at radius 2 is 1.86 bits per heavy atom. The van der Waals surface area contributed by atoms with E-state index in [9.17, 15) is 4.79 Å². The molecule has 2 fully saturated rings. The van der Waals surface area contributed by atoms with Crippen LogP contribution in [0.2, 0.25) is 0 Å². The Kier molecular flexibility index (Phi) is 8.13. The first-order valence-electron chi connectivity index (χ1n) is 14.8. The third kappa shape index (κ3) is 5.26. The van der Waals surface area contributed by atoms with Crippen LogP contribution in [0.15, 0.2) is 22.8 Å². The molecule has 198 valence electrons.